The van der Waals surface area contributed by atoms with E-state index in [1.807, 2.05) is 18.2 Å². The molecule has 2 aromatic carbocycles. The first kappa shape index (κ1) is 17.1. The Kier molecular flexibility index (Phi) is 5.07. The van der Waals surface area contributed by atoms with Gasteiger partial charge in [-0.15, -0.1) is 0 Å². The van der Waals surface area contributed by atoms with Crippen LogP contribution in [0.3, 0.4) is 0 Å². The molecule has 1 aliphatic rings. The second-order valence-corrected chi connectivity index (χ2v) is 6.04. The third-order valence-corrected chi connectivity index (χ3v) is 4.30. The van der Waals surface area contributed by atoms with Crippen LogP contribution in [0.25, 0.3) is 0 Å². The Morgan fingerprint density at radius 3 is 2.36 bits per heavy atom. The summed E-state index contributed by atoms with van der Waals surface area (Å²) < 4.78 is 27.7. The molecule has 2 amide bonds. The van der Waals surface area contributed by atoms with E-state index in [1.54, 1.807) is 12.1 Å². The summed E-state index contributed by atoms with van der Waals surface area (Å²) in [5, 5.41) is 2.81. The predicted octanol–water partition coefficient (Wildman–Crippen LogP) is 3.46. The van der Waals surface area contributed by atoms with Crippen LogP contribution in [0.2, 0.25) is 0 Å². The molecule has 25 heavy (non-hydrogen) atoms. The molecule has 1 aliphatic heterocycles. The molecule has 4 nitrogen and oxygen atoms in total. The van der Waals surface area contributed by atoms with Crippen molar-refractivity contribution in [2.45, 2.75) is 12.8 Å². The van der Waals surface area contributed by atoms with Gasteiger partial charge in [0.05, 0.1) is 5.92 Å². The number of nitrogens with one attached hydrogen (secondary N) is 1. The van der Waals surface area contributed by atoms with Gasteiger partial charge in [-0.3, -0.25) is 9.59 Å². The lowest BCUT2D eigenvalue weighted by atomic mass is 9.96. The van der Waals surface area contributed by atoms with Gasteiger partial charge in [-0.2, -0.15) is 0 Å². The van der Waals surface area contributed by atoms with Crippen molar-refractivity contribution in [1.29, 1.82) is 0 Å². The summed E-state index contributed by atoms with van der Waals surface area (Å²) in [5.41, 5.74) is 0.114. The molecule has 1 saturated heterocycles. The number of amides is 2. The molecular formula is C19H18F2N2O2. The van der Waals surface area contributed by atoms with E-state index in [9.17, 15) is 18.4 Å². The molecular weight excluding hydrogens is 326 g/mol. The van der Waals surface area contributed by atoms with Gasteiger partial charge in [0.25, 0.3) is 5.91 Å². The van der Waals surface area contributed by atoms with Crippen molar-refractivity contribution in [3.8, 4) is 0 Å². The Bertz CT molecular complexity index is 760. The molecule has 0 bridgehead atoms. The van der Waals surface area contributed by atoms with Crippen molar-refractivity contribution in [1.82, 2.24) is 4.90 Å². The number of hydrogen-bond acceptors (Lipinski definition) is 2. The van der Waals surface area contributed by atoms with E-state index in [0.29, 0.717) is 25.1 Å². The summed E-state index contributed by atoms with van der Waals surface area (Å²) in [6, 6.07) is 12.4. The zero-order valence-corrected chi connectivity index (χ0v) is 13.5. The smallest absolute Gasteiger partial charge is 0.259 e. The fourth-order valence-corrected chi connectivity index (χ4v) is 3.00. The highest BCUT2D eigenvalue weighted by molar-refractivity contribution is 5.96. The first-order chi connectivity index (χ1) is 12.1. The Morgan fingerprint density at radius 2 is 1.68 bits per heavy atom. The molecule has 0 spiro atoms. The molecule has 0 saturated carbocycles. The number of hydrogen-bond donors (Lipinski definition) is 1. The van der Waals surface area contributed by atoms with Crippen LogP contribution in [0.5, 0.6) is 0 Å². The van der Waals surface area contributed by atoms with Crippen molar-refractivity contribution in [2.75, 3.05) is 18.4 Å². The zero-order valence-electron chi connectivity index (χ0n) is 13.5. The Hall–Kier alpha value is -2.76. The molecule has 3 rings (SSSR count). The number of carbonyl (C=O) groups excluding carboxylic acids is 2. The van der Waals surface area contributed by atoms with E-state index in [0.717, 1.165) is 12.1 Å². The molecule has 1 N–H and O–H groups in total. The minimum absolute atomic E-state index is 0.144. The molecule has 130 valence electrons. The maximum atomic E-state index is 13.8. The van der Waals surface area contributed by atoms with Gasteiger partial charge in [0.1, 0.15) is 17.2 Å². The first-order valence-corrected chi connectivity index (χ1v) is 8.15. The maximum Gasteiger partial charge on any atom is 0.259 e. The fourth-order valence-electron chi connectivity index (χ4n) is 3.00. The van der Waals surface area contributed by atoms with Crippen molar-refractivity contribution >= 4 is 17.5 Å². The number of para-hydroxylation sites is 1. The molecule has 0 aliphatic carbocycles. The van der Waals surface area contributed by atoms with Crippen LogP contribution < -0.4 is 5.32 Å². The normalized spacial score (nSPS) is 17.2. The summed E-state index contributed by atoms with van der Waals surface area (Å²) >= 11 is 0. The SMILES string of the molecule is O=C(Nc1ccccc1)C1CCCN(C(=O)c2c(F)cccc2F)C1. The minimum atomic E-state index is -0.888. The molecule has 1 atom stereocenters. The highest BCUT2D eigenvalue weighted by atomic mass is 19.1. The summed E-state index contributed by atoms with van der Waals surface area (Å²) in [5.74, 6) is -3.10. The molecule has 6 heteroatoms. The van der Waals surface area contributed by atoms with Gasteiger partial charge in [0.2, 0.25) is 5.91 Å². The third kappa shape index (κ3) is 3.84. The van der Waals surface area contributed by atoms with Gasteiger partial charge in [-0.1, -0.05) is 24.3 Å². The molecule has 1 unspecified atom stereocenters. The standard InChI is InChI=1S/C19H18F2N2O2/c20-15-9-4-10-16(21)17(15)19(25)23-11-5-6-13(12-23)18(24)22-14-7-2-1-3-8-14/h1-4,7-10,13H,5-6,11-12H2,(H,22,24). The largest absolute Gasteiger partial charge is 0.338 e. The zero-order chi connectivity index (χ0) is 17.8. The van der Waals surface area contributed by atoms with Gasteiger partial charge >= 0.3 is 0 Å². The average molecular weight is 344 g/mol. The second-order valence-electron chi connectivity index (χ2n) is 6.04. The Labute approximate surface area is 144 Å². The van der Waals surface area contributed by atoms with Crippen molar-refractivity contribution in [3.05, 3.63) is 65.7 Å². The number of rotatable bonds is 3. The monoisotopic (exact) mass is 344 g/mol. The summed E-state index contributed by atoms with van der Waals surface area (Å²) in [6.45, 7) is 0.521. The number of halogens is 2. The summed E-state index contributed by atoms with van der Waals surface area (Å²) in [4.78, 5) is 26.2. The van der Waals surface area contributed by atoms with Gasteiger partial charge < -0.3 is 10.2 Å². The summed E-state index contributed by atoms with van der Waals surface area (Å²) in [6.07, 6.45) is 1.23. The van der Waals surface area contributed by atoms with Crippen LogP contribution >= 0.6 is 0 Å². The maximum absolute atomic E-state index is 13.8. The fraction of sp³-hybridized carbons (Fsp3) is 0.263. The average Bonchev–Trinajstić information content (AvgIpc) is 2.62. The van der Waals surface area contributed by atoms with Gasteiger partial charge in [0, 0.05) is 18.8 Å². The van der Waals surface area contributed by atoms with Gasteiger partial charge in [-0.05, 0) is 37.1 Å². The van der Waals surface area contributed by atoms with Crippen molar-refractivity contribution in [3.63, 3.8) is 0 Å². The van der Waals surface area contributed by atoms with Crippen LogP contribution in [0, 0.1) is 17.6 Å². The van der Waals surface area contributed by atoms with Crippen LogP contribution in [-0.2, 0) is 4.79 Å². The van der Waals surface area contributed by atoms with Crippen LogP contribution in [0.15, 0.2) is 48.5 Å². The van der Waals surface area contributed by atoms with Crippen molar-refractivity contribution in [2.24, 2.45) is 5.92 Å². The molecule has 2 aromatic rings. The van der Waals surface area contributed by atoms with E-state index >= 15 is 0 Å². The van der Waals surface area contributed by atoms with Crippen LogP contribution in [-0.4, -0.2) is 29.8 Å². The highest BCUT2D eigenvalue weighted by Gasteiger charge is 2.31. The number of anilines is 1. The van der Waals surface area contributed by atoms with E-state index in [4.69, 9.17) is 0 Å². The number of carbonyl (C=O) groups is 2. The van der Waals surface area contributed by atoms with E-state index < -0.39 is 29.0 Å². The quantitative estimate of drug-likeness (QED) is 0.927. The molecule has 0 radical (unpaired) electrons. The lowest BCUT2D eigenvalue weighted by Gasteiger charge is -2.32. The van der Waals surface area contributed by atoms with Gasteiger partial charge in [-0.25, -0.2) is 8.78 Å². The minimum Gasteiger partial charge on any atom is -0.338 e. The second kappa shape index (κ2) is 7.42. The van der Waals surface area contributed by atoms with E-state index in [1.165, 1.54) is 11.0 Å². The van der Waals surface area contributed by atoms with E-state index in [-0.39, 0.29) is 12.5 Å². The molecule has 1 heterocycles. The Balaban J connectivity index is 1.70. The highest BCUT2D eigenvalue weighted by Crippen LogP contribution is 2.22. The predicted molar refractivity (Wildman–Crippen MR) is 90.1 cm³/mol. The topological polar surface area (TPSA) is 49.4 Å². The first-order valence-electron chi connectivity index (χ1n) is 8.15. The molecule has 0 aromatic heterocycles. The summed E-state index contributed by atoms with van der Waals surface area (Å²) in [7, 11) is 0. The number of benzene rings is 2. The van der Waals surface area contributed by atoms with Gasteiger partial charge in [0.15, 0.2) is 0 Å². The van der Waals surface area contributed by atoms with Crippen molar-refractivity contribution < 1.29 is 18.4 Å². The molecule has 1 fully saturated rings. The lowest BCUT2D eigenvalue weighted by Crippen LogP contribution is -2.44. The van der Waals surface area contributed by atoms with Crippen LogP contribution in [0.4, 0.5) is 14.5 Å². The Morgan fingerprint density at radius 1 is 1.00 bits per heavy atom. The number of nitrogens with zero attached hydrogens (tertiary/aromatic N) is 1. The van der Waals surface area contributed by atoms with Crippen LogP contribution in [0.1, 0.15) is 23.2 Å². The number of piperidine rings is 1. The number of likely N-dealkylation sites (tertiary alicyclic amines) is 1. The third-order valence-electron chi connectivity index (χ3n) is 4.30. The lowest BCUT2D eigenvalue weighted by molar-refractivity contribution is -0.121. The van der Waals surface area contributed by atoms with E-state index in [2.05, 4.69) is 5.32 Å².